The average Bonchev–Trinajstić information content (AvgIpc) is 3.00. The summed E-state index contributed by atoms with van der Waals surface area (Å²) in [6.07, 6.45) is 2.78. The minimum atomic E-state index is -0.230. The molecule has 2 aromatic rings. The van der Waals surface area contributed by atoms with Crippen LogP contribution in [0.1, 0.15) is 18.1 Å². The molecule has 0 unspecified atom stereocenters. The van der Waals surface area contributed by atoms with Crippen LogP contribution < -0.4 is 20.1 Å². The van der Waals surface area contributed by atoms with Crippen LogP contribution in [0.3, 0.4) is 0 Å². The molecule has 1 aliphatic rings. The van der Waals surface area contributed by atoms with Gasteiger partial charge in [-0.2, -0.15) is 0 Å². The standard InChI is InChI=1S/C20H21ClN2O3S/c1-4-12-5-7-14(8-6-12)22-20-23-19(24)17(27-20)11-13-9-15(21)18(26-3)16(10-13)25-2/h5-11,20,22H,4H2,1-3H3,(H,23,24)/b17-11-/t20-/m1/s1. The van der Waals surface area contributed by atoms with Crippen molar-refractivity contribution >= 4 is 41.0 Å². The molecule has 2 aromatic carbocycles. The molecule has 5 nitrogen and oxygen atoms in total. The van der Waals surface area contributed by atoms with Crippen molar-refractivity contribution in [2.24, 2.45) is 0 Å². The average molecular weight is 405 g/mol. The molecule has 3 rings (SSSR count). The van der Waals surface area contributed by atoms with Crippen molar-refractivity contribution < 1.29 is 14.3 Å². The number of anilines is 1. The molecule has 27 heavy (non-hydrogen) atoms. The summed E-state index contributed by atoms with van der Waals surface area (Å²) in [5.74, 6) is 0.861. The normalized spacial score (nSPS) is 17.7. The number of nitrogens with one attached hydrogen (secondary N) is 2. The van der Waals surface area contributed by atoms with Crippen LogP contribution in [0.5, 0.6) is 11.5 Å². The van der Waals surface area contributed by atoms with Crippen molar-refractivity contribution in [2.75, 3.05) is 19.5 Å². The van der Waals surface area contributed by atoms with Crippen molar-refractivity contribution in [1.29, 1.82) is 0 Å². The minimum absolute atomic E-state index is 0.131. The van der Waals surface area contributed by atoms with Crippen LogP contribution in [-0.2, 0) is 11.2 Å². The molecule has 1 heterocycles. The number of carbonyl (C=O) groups excluding carboxylic acids is 1. The van der Waals surface area contributed by atoms with Crippen molar-refractivity contribution in [1.82, 2.24) is 5.32 Å². The van der Waals surface area contributed by atoms with Crippen LogP contribution >= 0.6 is 23.4 Å². The summed E-state index contributed by atoms with van der Waals surface area (Å²) in [6.45, 7) is 2.12. The van der Waals surface area contributed by atoms with E-state index in [4.69, 9.17) is 21.1 Å². The van der Waals surface area contributed by atoms with Crippen LogP contribution in [-0.4, -0.2) is 25.6 Å². The summed E-state index contributed by atoms with van der Waals surface area (Å²) in [6, 6.07) is 11.7. The zero-order valence-corrected chi connectivity index (χ0v) is 16.9. The highest BCUT2D eigenvalue weighted by Gasteiger charge is 2.27. The topological polar surface area (TPSA) is 59.6 Å². The van der Waals surface area contributed by atoms with E-state index in [2.05, 4.69) is 29.7 Å². The molecule has 0 aliphatic carbocycles. The number of aryl methyl sites for hydroxylation is 1. The Morgan fingerprint density at radius 3 is 2.59 bits per heavy atom. The van der Waals surface area contributed by atoms with E-state index < -0.39 is 0 Å². The number of ether oxygens (including phenoxy) is 2. The second-order valence-corrected chi connectivity index (χ2v) is 7.47. The van der Waals surface area contributed by atoms with Gasteiger partial charge in [-0.15, -0.1) is 0 Å². The molecule has 1 fully saturated rings. The lowest BCUT2D eigenvalue weighted by Crippen LogP contribution is -2.30. The third-order valence-electron chi connectivity index (χ3n) is 4.14. The van der Waals surface area contributed by atoms with Crippen molar-refractivity contribution in [3.05, 3.63) is 57.5 Å². The first-order valence-electron chi connectivity index (χ1n) is 8.50. The van der Waals surface area contributed by atoms with Crippen LogP contribution in [0.25, 0.3) is 6.08 Å². The van der Waals surface area contributed by atoms with Gasteiger partial charge in [0.15, 0.2) is 17.0 Å². The van der Waals surface area contributed by atoms with Crippen molar-refractivity contribution in [3.8, 4) is 11.5 Å². The number of amides is 1. The summed E-state index contributed by atoms with van der Waals surface area (Å²) in [5, 5.41) is 6.66. The van der Waals surface area contributed by atoms with Crippen LogP contribution in [0.15, 0.2) is 41.3 Å². The molecule has 7 heteroatoms. The lowest BCUT2D eigenvalue weighted by molar-refractivity contribution is -0.116. The highest BCUT2D eigenvalue weighted by Crippen LogP contribution is 2.38. The number of methoxy groups -OCH3 is 2. The van der Waals surface area contributed by atoms with Crippen LogP contribution in [0, 0.1) is 0 Å². The fourth-order valence-electron chi connectivity index (χ4n) is 2.73. The van der Waals surface area contributed by atoms with Gasteiger partial charge in [-0.3, -0.25) is 4.79 Å². The van der Waals surface area contributed by atoms with E-state index in [1.807, 2.05) is 12.1 Å². The van der Waals surface area contributed by atoms with Crippen molar-refractivity contribution in [2.45, 2.75) is 18.8 Å². The summed E-state index contributed by atoms with van der Waals surface area (Å²) in [4.78, 5) is 12.9. The summed E-state index contributed by atoms with van der Waals surface area (Å²) in [7, 11) is 3.08. The largest absolute Gasteiger partial charge is 0.493 e. The molecule has 1 atom stereocenters. The Morgan fingerprint density at radius 2 is 1.96 bits per heavy atom. The Hall–Kier alpha value is -2.31. The Kier molecular flexibility index (Phi) is 6.19. The number of carbonyl (C=O) groups is 1. The molecule has 1 amide bonds. The highest BCUT2D eigenvalue weighted by atomic mass is 35.5. The van der Waals surface area contributed by atoms with Gasteiger partial charge in [-0.05, 0) is 47.9 Å². The lowest BCUT2D eigenvalue weighted by atomic mass is 10.1. The number of benzene rings is 2. The third-order valence-corrected chi connectivity index (χ3v) is 5.45. The molecule has 0 spiro atoms. The third kappa shape index (κ3) is 4.51. The van der Waals surface area contributed by atoms with E-state index >= 15 is 0 Å². The Bertz CT molecular complexity index is 868. The van der Waals surface area contributed by atoms with E-state index in [1.165, 1.54) is 24.4 Å². The molecule has 0 bridgehead atoms. The van der Waals surface area contributed by atoms with E-state index in [-0.39, 0.29) is 11.4 Å². The second-order valence-electron chi connectivity index (χ2n) is 5.91. The SMILES string of the molecule is CCc1ccc(N[C@@H]2NC(=O)/C(=C/c3cc(Cl)c(OC)c(OC)c3)S2)cc1. The lowest BCUT2D eigenvalue weighted by Gasteiger charge is -2.13. The summed E-state index contributed by atoms with van der Waals surface area (Å²) >= 11 is 7.66. The molecule has 142 valence electrons. The highest BCUT2D eigenvalue weighted by molar-refractivity contribution is 8.05. The quantitative estimate of drug-likeness (QED) is 0.693. The summed E-state index contributed by atoms with van der Waals surface area (Å²) < 4.78 is 10.6. The van der Waals surface area contributed by atoms with Gasteiger partial charge < -0.3 is 20.1 Å². The fourth-order valence-corrected chi connectivity index (χ4v) is 4.01. The van der Waals surface area contributed by atoms with Gasteiger partial charge in [0, 0.05) is 5.69 Å². The van der Waals surface area contributed by atoms with Gasteiger partial charge in [-0.1, -0.05) is 42.4 Å². The smallest absolute Gasteiger partial charge is 0.260 e. The molecule has 1 saturated heterocycles. The number of thioether (sulfide) groups is 1. The Labute approximate surface area is 168 Å². The predicted molar refractivity (Wildman–Crippen MR) is 111 cm³/mol. The Morgan fingerprint density at radius 1 is 1.22 bits per heavy atom. The first kappa shape index (κ1) is 19.5. The van der Waals surface area contributed by atoms with Gasteiger partial charge >= 0.3 is 0 Å². The maximum Gasteiger partial charge on any atom is 0.260 e. The van der Waals surface area contributed by atoms with Gasteiger partial charge in [-0.25, -0.2) is 0 Å². The van der Waals surface area contributed by atoms with Crippen LogP contribution in [0.2, 0.25) is 5.02 Å². The predicted octanol–water partition coefficient (Wildman–Crippen LogP) is 4.52. The minimum Gasteiger partial charge on any atom is -0.493 e. The van der Waals surface area contributed by atoms with Gasteiger partial charge in [0.2, 0.25) is 0 Å². The maximum absolute atomic E-state index is 12.3. The zero-order valence-electron chi connectivity index (χ0n) is 15.3. The number of halogens is 1. The molecular weight excluding hydrogens is 384 g/mol. The number of hydrogen-bond acceptors (Lipinski definition) is 5. The van der Waals surface area contributed by atoms with Crippen molar-refractivity contribution in [3.63, 3.8) is 0 Å². The fraction of sp³-hybridized carbons (Fsp3) is 0.250. The molecule has 0 saturated carbocycles. The number of rotatable bonds is 6. The molecule has 0 aromatic heterocycles. The summed E-state index contributed by atoms with van der Waals surface area (Å²) in [5.41, 5.74) is 2.77. The molecule has 1 aliphatic heterocycles. The molecule has 0 radical (unpaired) electrons. The van der Waals surface area contributed by atoms with E-state index in [0.29, 0.717) is 21.4 Å². The number of hydrogen-bond donors (Lipinski definition) is 2. The first-order valence-corrected chi connectivity index (χ1v) is 9.76. The molecule has 2 N–H and O–H groups in total. The second kappa shape index (κ2) is 8.59. The van der Waals surface area contributed by atoms with Gasteiger partial charge in [0.1, 0.15) is 0 Å². The Balaban J connectivity index is 1.76. The van der Waals surface area contributed by atoms with E-state index in [0.717, 1.165) is 17.7 Å². The zero-order chi connectivity index (χ0) is 19.4. The monoisotopic (exact) mass is 404 g/mol. The van der Waals surface area contributed by atoms with E-state index in [9.17, 15) is 4.79 Å². The molecular formula is C20H21ClN2O3S. The maximum atomic E-state index is 12.3. The van der Waals surface area contributed by atoms with E-state index in [1.54, 1.807) is 25.3 Å². The van der Waals surface area contributed by atoms with Crippen LogP contribution in [0.4, 0.5) is 5.69 Å². The van der Waals surface area contributed by atoms with Gasteiger partial charge in [0.05, 0.1) is 24.1 Å². The first-order chi connectivity index (χ1) is 13.0. The van der Waals surface area contributed by atoms with Gasteiger partial charge in [0.25, 0.3) is 5.91 Å².